The largest absolute Gasteiger partial charge is 0.264 e. The second-order valence-corrected chi connectivity index (χ2v) is 7.75. The van der Waals surface area contributed by atoms with Gasteiger partial charge in [0.05, 0.1) is 4.90 Å². The highest BCUT2D eigenvalue weighted by molar-refractivity contribution is 7.93. The lowest BCUT2D eigenvalue weighted by atomic mass is 10.2. The number of rotatable bonds is 3. The van der Waals surface area contributed by atoms with E-state index < -0.39 is 10.0 Å². The summed E-state index contributed by atoms with van der Waals surface area (Å²) in [6, 6.07) is 12.5. The monoisotopic (exact) mass is 318 g/mol. The molecule has 0 amide bonds. The minimum atomic E-state index is -3.54. The van der Waals surface area contributed by atoms with Crippen LogP contribution in [-0.4, -0.2) is 20.4 Å². The van der Waals surface area contributed by atoms with Crippen molar-refractivity contribution in [2.24, 2.45) is 0 Å². The first kappa shape index (κ1) is 14.0. The number of hydrogen-bond acceptors (Lipinski definition) is 4. The topological polar surface area (TPSA) is 50.3 Å². The molecule has 0 aliphatic rings. The summed E-state index contributed by atoms with van der Waals surface area (Å²) in [6.07, 6.45) is 1.71. The maximum Gasteiger partial charge on any atom is 0.264 e. The van der Waals surface area contributed by atoms with E-state index in [0.717, 1.165) is 15.8 Å². The van der Waals surface area contributed by atoms with Crippen LogP contribution in [0.1, 0.15) is 5.56 Å². The van der Waals surface area contributed by atoms with Crippen LogP contribution in [0.2, 0.25) is 0 Å². The number of sulfonamides is 1. The van der Waals surface area contributed by atoms with Crippen molar-refractivity contribution in [1.29, 1.82) is 0 Å². The Morgan fingerprint density at radius 1 is 1.14 bits per heavy atom. The minimum Gasteiger partial charge on any atom is -0.260 e. The molecule has 2 aromatic heterocycles. The van der Waals surface area contributed by atoms with Gasteiger partial charge in [0.2, 0.25) is 0 Å². The highest BCUT2D eigenvalue weighted by atomic mass is 32.2. The van der Waals surface area contributed by atoms with Gasteiger partial charge in [0.15, 0.2) is 0 Å². The SMILES string of the molecule is Cc1ccc(S(=O)(=O)N(C)c2cc3cccnc3s2)cc1. The Hall–Kier alpha value is -1.92. The number of benzene rings is 1. The molecule has 3 aromatic rings. The van der Waals surface area contributed by atoms with Crippen molar-refractivity contribution in [1.82, 2.24) is 4.98 Å². The molecule has 0 fully saturated rings. The van der Waals surface area contributed by atoms with Gasteiger partial charge >= 0.3 is 0 Å². The third-order valence-electron chi connectivity index (χ3n) is 3.27. The lowest BCUT2D eigenvalue weighted by Gasteiger charge is -2.17. The smallest absolute Gasteiger partial charge is 0.260 e. The number of nitrogens with zero attached hydrogens (tertiary/aromatic N) is 2. The molecule has 0 N–H and O–H groups in total. The molecular formula is C15H14N2O2S2. The molecule has 3 rings (SSSR count). The Kier molecular flexibility index (Phi) is 3.43. The van der Waals surface area contributed by atoms with Crippen LogP contribution in [0.3, 0.4) is 0 Å². The van der Waals surface area contributed by atoms with Crippen LogP contribution in [0.25, 0.3) is 10.2 Å². The second-order valence-electron chi connectivity index (χ2n) is 4.77. The van der Waals surface area contributed by atoms with Crippen molar-refractivity contribution in [2.75, 3.05) is 11.4 Å². The zero-order chi connectivity index (χ0) is 15.0. The van der Waals surface area contributed by atoms with E-state index in [-0.39, 0.29) is 0 Å². The second kappa shape index (κ2) is 5.13. The molecule has 0 spiro atoms. The van der Waals surface area contributed by atoms with Gasteiger partial charge in [-0.15, -0.1) is 0 Å². The van der Waals surface area contributed by atoms with Gasteiger partial charge in [0.25, 0.3) is 10.0 Å². The third-order valence-corrected chi connectivity index (χ3v) is 6.31. The average Bonchev–Trinajstić information content (AvgIpc) is 2.90. The van der Waals surface area contributed by atoms with E-state index in [2.05, 4.69) is 4.98 Å². The van der Waals surface area contributed by atoms with Crippen molar-refractivity contribution < 1.29 is 8.42 Å². The molecule has 0 atom stereocenters. The van der Waals surface area contributed by atoms with E-state index in [0.29, 0.717) is 9.90 Å². The summed E-state index contributed by atoms with van der Waals surface area (Å²) in [4.78, 5) is 5.37. The summed E-state index contributed by atoms with van der Waals surface area (Å²) in [5.74, 6) is 0. The highest BCUT2D eigenvalue weighted by Crippen LogP contribution is 2.33. The van der Waals surface area contributed by atoms with E-state index in [1.165, 1.54) is 15.6 Å². The molecule has 0 bridgehead atoms. The molecular weight excluding hydrogens is 304 g/mol. The van der Waals surface area contributed by atoms with Crippen molar-refractivity contribution >= 4 is 36.6 Å². The summed E-state index contributed by atoms with van der Waals surface area (Å²) in [5, 5.41) is 1.60. The maximum atomic E-state index is 12.6. The predicted molar refractivity (Wildman–Crippen MR) is 86.4 cm³/mol. The molecule has 0 saturated heterocycles. The van der Waals surface area contributed by atoms with E-state index >= 15 is 0 Å². The summed E-state index contributed by atoms with van der Waals surface area (Å²) in [5.41, 5.74) is 1.03. The number of thiophene rings is 1. The van der Waals surface area contributed by atoms with Gasteiger partial charge < -0.3 is 0 Å². The number of hydrogen-bond donors (Lipinski definition) is 0. The van der Waals surface area contributed by atoms with E-state index in [1.54, 1.807) is 37.5 Å². The first-order chi connectivity index (χ1) is 9.98. The molecule has 0 radical (unpaired) electrons. The average molecular weight is 318 g/mol. The van der Waals surface area contributed by atoms with Gasteiger partial charge in [-0.1, -0.05) is 35.1 Å². The van der Waals surface area contributed by atoms with E-state index in [4.69, 9.17) is 0 Å². The zero-order valence-corrected chi connectivity index (χ0v) is 13.3. The summed E-state index contributed by atoms with van der Waals surface area (Å²) in [7, 11) is -1.97. The fourth-order valence-corrected chi connectivity index (χ4v) is 4.36. The Morgan fingerprint density at radius 2 is 1.86 bits per heavy atom. The van der Waals surface area contributed by atoms with Crippen LogP contribution >= 0.6 is 11.3 Å². The molecule has 21 heavy (non-hydrogen) atoms. The first-order valence-electron chi connectivity index (χ1n) is 6.38. The van der Waals surface area contributed by atoms with Crippen molar-refractivity contribution in [3.8, 4) is 0 Å². The van der Waals surface area contributed by atoms with Gasteiger partial charge in [-0.2, -0.15) is 0 Å². The Morgan fingerprint density at radius 3 is 2.52 bits per heavy atom. The number of aromatic nitrogens is 1. The fraction of sp³-hybridized carbons (Fsp3) is 0.133. The van der Waals surface area contributed by atoms with Gasteiger partial charge in [0, 0.05) is 18.6 Å². The zero-order valence-electron chi connectivity index (χ0n) is 11.6. The Balaban J connectivity index is 2.03. The first-order valence-corrected chi connectivity index (χ1v) is 8.64. The van der Waals surface area contributed by atoms with Crippen LogP contribution in [0, 0.1) is 6.92 Å². The predicted octanol–water partition coefficient (Wildman–Crippen LogP) is 3.43. The van der Waals surface area contributed by atoms with Crippen LogP contribution in [0.5, 0.6) is 0 Å². The van der Waals surface area contributed by atoms with Crippen LogP contribution < -0.4 is 4.31 Å². The van der Waals surface area contributed by atoms with E-state index in [1.807, 2.05) is 25.1 Å². The number of aryl methyl sites for hydroxylation is 1. The third kappa shape index (κ3) is 2.52. The van der Waals surface area contributed by atoms with Crippen LogP contribution in [-0.2, 0) is 10.0 Å². The lowest BCUT2D eigenvalue weighted by molar-refractivity contribution is 0.594. The van der Waals surface area contributed by atoms with Crippen molar-refractivity contribution in [3.63, 3.8) is 0 Å². The number of anilines is 1. The van der Waals surface area contributed by atoms with Gasteiger partial charge in [-0.25, -0.2) is 13.4 Å². The molecule has 6 heteroatoms. The Bertz CT molecular complexity index is 850. The maximum absolute atomic E-state index is 12.6. The normalized spacial score (nSPS) is 11.7. The number of pyridine rings is 1. The van der Waals surface area contributed by atoms with Gasteiger partial charge in [-0.05, 0) is 31.2 Å². The summed E-state index contributed by atoms with van der Waals surface area (Å²) in [6.45, 7) is 1.93. The summed E-state index contributed by atoms with van der Waals surface area (Å²) >= 11 is 1.37. The molecule has 0 aliphatic heterocycles. The van der Waals surface area contributed by atoms with E-state index in [9.17, 15) is 8.42 Å². The van der Waals surface area contributed by atoms with Crippen molar-refractivity contribution in [2.45, 2.75) is 11.8 Å². The number of fused-ring (bicyclic) bond motifs is 1. The van der Waals surface area contributed by atoms with Gasteiger partial charge in [-0.3, -0.25) is 4.31 Å². The summed E-state index contributed by atoms with van der Waals surface area (Å²) < 4.78 is 26.6. The van der Waals surface area contributed by atoms with Gasteiger partial charge in [0.1, 0.15) is 9.83 Å². The fourth-order valence-electron chi connectivity index (χ4n) is 2.00. The quantitative estimate of drug-likeness (QED) is 0.743. The molecule has 2 heterocycles. The van der Waals surface area contributed by atoms with Crippen LogP contribution in [0.4, 0.5) is 5.00 Å². The molecule has 1 aromatic carbocycles. The standard InChI is InChI=1S/C15H14N2O2S2/c1-11-5-7-13(8-6-11)21(18,19)17(2)14-10-12-4-3-9-16-15(12)20-14/h3-10H,1-2H3. The Labute approximate surface area is 127 Å². The highest BCUT2D eigenvalue weighted by Gasteiger charge is 2.22. The molecule has 0 unspecified atom stereocenters. The molecule has 0 aliphatic carbocycles. The minimum absolute atomic E-state index is 0.293. The molecule has 0 saturated carbocycles. The molecule has 4 nitrogen and oxygen atoms in total. The van der Waals surface area contributed by atoms with Crippen LogP contribution in [0.15, 0.2) is 53.6 Å². The van der Waals surface area contributed by atoms with Crippen molar-refractivity contribution in [3.05, 3.63) is 54.2 Å². The molecule has 108 valence electrons. The lowest BCUT2D eigenvalue weighted by Crippen LogP contribution is -2.25.